The van der Waals surface area contributed by atoms with Crippen LogP contribution in [-0.4, -0.2) is 62.1 Å². The van der Waals surface area contributed by atoms with Crippen LogP contribution in [0.4, 0.5) is 0 Å². The van der Waals surface area contributed by atoms with Crippen LogP contribution in [0, 0.1) is 18.8 Å². The molecule has 1 aliphatic heterocycles. The van der Waals surface area contributed by atoms with Gasteiger partial charge in [-0.25, -0.2) is 8.42 Å². The molecular weight excluding hydrogens is 318 g/mol. The SMILES string of the molecule is Cc1cc(C(=O)N[C@H]2CN(CCS(C)(=O)=O)C[C@@H]2C2CC2)on1. The summed E-state index contributed by atoms with van der Waals surface area (Å²) in [7, 11) is -2.97. The van der Waals surface area contributed by atoms with Crippen molar-refractivity contribution in [1.29, 1.82) is 0 Å². The van der Waals surface area contributed by atoms with E-state index >= 15 is 0 Å². The molecule has 7 nitrogen and oxygen atoms in total. The minimum absolute atomic E-state index is 0.0416. The molecule has 1 aromatic rings. The van der Waals surface area contributed by atoms with Gasteiger partial charge >= 0.3 is 0 Å². The largest absolute Gasteiger partial charge is 0.351 e. The Balaban J connectivity index is 1.61. The predicted octanol–water partition coefficient (Wildman–Crippen LogP) is 0.468. The van der Waals surface area contributed by atoms with E-state index in [0.717, 1.165) is 6.54 Å². The molecule has 1 aliphatic carbocycles. The maximum absolute atomic E-state index is 12.3. The van der Waals surface area contributed by atoms with E-state index < -0.39 is 9.84 Å². The number of rotatable bonds is 6. The Morgan fingerprint density at radius 3 is 2.74 bits per heavy atom. The molecule has 1 N–H and O–H groups in total. The maximum Gasteiger partial charge on any atom is 0.290 e. The number of carbonyl (C=O) groups excluding carboxylic acids is 1. The van der Waals surface area contributed by atoms with Crippen LogP contribution in [-0.2, 0) is 9.84 Å². The number of nitrogens with zero attached hydrogens (tertiary/aromatic N) is 2. The lowest BCUT2D eigenvalue weighted by atomic mass is 9.98. The van der Waals surface area contributed by atoms with E-state index in [0.29, 0.717) is 30.6 Å². The molecule has 2 heterocycles. The standard InChI is InChI=1S/C15H23N3O4S/c1-10-7-14(22-17-10)15(19)16-13-9-18(5-6-23(2,20)21)8-12(13)11-3-4-11/h7,11-13H,3-6,8-9H2,1-2H3,(H,16,19)/t12-,13+/m1/s1. The summed E-state index contributed by atoms with van der Waals surface area (Å²) >= 11 is 0. The van der Waals surface area contributed by atoms with Gasteiger partial charge in [-0.05, 0) is 31.6 Å². The second kappa shape index (κ2) is 6.24. The van der Waals surface area contributed by atoms with Crippen LogP contribution in [0.5, 0.6) is 0 Å². The summed E-state index contributed by atoms with van der Waals surface area (Å²) in [6, 6.07) is 1.66. The van der Waals surface area contributed by atoms with Gasteiger partial charge in [-0.3, -0.25) is 9.69 Å². The number of hydrogen-bond acceptors (Lipinski definition) is 6. The van der Waals surface area contributed by atoms with Crippen molar-refractivity contribution in [2.75, 3.05) is 31.6 Å². The lowest BCUT2D eigenvalue weighted by Crippen LogP contribution is -2.41. The molecule has 0 bridgehead atoms. The number of aryl methyl sites for hydroxylation is 1. The van der Waals surface area contributed by atoms with Crippen LogP contribution in [0.3, 0.4) is 0 Å². The molecule has 0 radical (unpaired) electrons. The molecule has 128 valence electrons. The summed E-state index contributed by atoms with van der Waals surface area (Å²) in [5.74, 6) is 1.17. The Kier molecular flexibility index (Phi) is 4.46. The number of aromatic nitrogens is 1. The van der Waals surface area contributed by atoms with Crippen molar-refractivity contribution in [3.05, 3.63) is 17.5 Å². The summed E-state index contributed by atoms with van der Waals surface area (Å²) in [5, 5.41) is 6.78. The molecule has 1 amide bonds. The Labute approximate surface area is 136 Å². The van der Waals surface area contributed by atoms with E-state index in [-0.39, 0.29) is 23.5 Å². The van der Waals surface area contributed by atoms with Gasteiger partial charge in [-0.1, -0.05) is 5.16 Å². The fourth-order valence-corrected chi connectivity index (χ4v) is 3.85. The highest BCUT2D eigenvalue weighted by molar-refractivity contribution is 7.90. The first-order valence-electron chi connectivity index (χ1n) is 7.96. The van der Waals surface area contributed by atoms with Crippen LogP contribution >= 0.6 is 0 Å². The summed E-state index contributed by atoms with van der Waals surface area (Å²) in [6.07, 6.45) is 3.64. The monoisotopic (exact) mass is 341 g/mol. The van der Waals surface area contributed by atoms with Gasteiger partial charge in [0.15, 0.2) is 0 Å². The first kappa shape index (κ1) is 16.4. The third-order valence-electron chi connectivity index (χ3n) is 4.61. The molecule has 0 unspecified atom stereocenters. The fourth-order valence-electron chi connectivity index (χ4n) is 3.26. The highest BCUT2D eigenvalue weighted by Crippen LogP contribution is 2.41. The van der Waals surface area contributed by atoms with E-state index in [1.54, 1.807) is 13.0 Å². The number of nitrogens with one attached hydrogen (secondary N) is 1. The molecule has 2 aliphatic rings. The van der Waals surface area contributed by atoms with Gasteiger partial charge in [0, 0.05) is 38.0 Å². The average Bonchev–Trinajstić information content (AvgIpc) is 3.08. The summed E-state index contributed by atoms with van der Waals surface area (Å²) in [5.41, 5.74) is 0.676. The molecule has 0 spiro atoms. The normalized spacial score (nSPS) is 25.7. The van der Waals surface area contributed by atoms with Crippen molar-refractivity contribution < 1.29 is 17.7 Å². The molecule has 0 aromatic carbocycles. The average molecular weight is 341 g/mol. The number of sulfone groups is 1. The third kappa shape index (κ3) is 4.32. The van der Waals surface area contributed by atoms with Crippen molar-refractivity contribution in [3.63, 3.8) is 0 Å². The van der Waals surface area contributed by atoms with Gasteiger partial charge in [-0.15, -0.1) is 0 Å². The van der Waals surface area contributed by atoms with Gasteiger partial charge in [0.05, 0.1) is 11.4 Å². The first-order chi connectivity index (χ1) is 10.8. The predicted molar refractivity (Wildman–Crippen MR) is 84.9 cm³/mol. The van der Waals surface area contributed by atoms with Crippen molar-refractivity contribution >= 4 is 15.7 Å². The highest BCUT2D eigenvalue weighted by Gasteiger charge is 2.43. The lowest BCUT2D eigenvalue weighted by Gasteiger charge is -2.18. The Morgan fingerprint density at radius 2 is 2.17 bits per heavy atom. The van der Waals surface area contributed by atoms with Crippen molar-refractivity contribution in [2.45, 2.75) is 25.8 Å². The summed E-state index contributed by atoms with van der Waals surface area (Å²) < 4.78 is 27.7. The van der Waals surface area contributed by atoms with Crippen LogP contribution in [0.25, 0.3) is 0 Å². The molecule has 1 saturated heterocycles. The van der Waals surface area contributed by atoms with E-state index in [1.807, 2.05) is 0 Å². The Hall–Kier alpha value is -1.41. The third-order valence-corrected chi connectivity index (χ3v) is 5.54. The van der Waals surface area contributed by atoms with Crippen LogP contribution in [0.1, 0.15) is 29.1 Å². The molecule has 23 heavy (non-hydrogen) atoms. The minimum Gasteiger partial charge on any atom is -0.351 e. The van der Waals surface area contributed by atoms with E-state index in [4.69, 9.17) is 4.52 Å². The molecule has 3 rings (SSSR count). The topological polar surface area (TPSA) is 92.5 Å². The first-order valence-corrected chi connectivity index (χ1v) is 10.0. The number of hydrogen-bond donors (Lipinski definition) is 1. The van der Waals surface area contributed by atoms with Gasteiger partial charge < -0.3 is 9.84 Å². The molecule has 2 fully saturated rings. The Bertz CT molecular complexity index is 681. The minimum atomic E-state index is -2.97. The van der Waals surface area contributed by atoms with Crippen molar-refractivity contribution in [3.8, 4) is 0 Å². The molecule has 1 aromatic heterocycles. The second-order valence-electron chi connectivity index (χ2n) is 6.80. The Morgan fingerprint density at radius 1 is 1.43 bits per heavy atom. The van der Waals surface area contributed by atoms with E-state index in [2.05, 4.69) is 15.4 Å². The van der Waals surface area contributed by atoms with Crippen molar-refractivity contribution in [2.24, 2.45) is 11.8 Å². The van der Waals surface area contributed by atoms with E-state index in [1.165, 1.54) is 19.1 Å². The zero-order valence-corrected chi connectivity index (χ0v) is 14.3. The zero-order chi connectivity index (χ0) is 16.6. The number of carbonyl (C=O) groups is 1. The second-order valence-corrected chi connectivity index (χ2v) is 9.06. The van der Waals surface area contributed by atoms with Crippen LogP contribution in [0.2, 0.25) is 0 Å². The van der Waals surface area contributed by atoms with Gasteiger partial charge in [0.1, 0.15) is 9.84 Å². The van der Waals surface area contributed by atoms with Gasteiger partial charge in [0.25, 0.3) is 5.91 Å². The quantitative estimate of drug-likeness (QED) is 0.808. The molecule has 8 heteroatoms. The van der Waals surface area contributed by atoms with Gasteiger partial charge in [-0.2, -0.15) is 0 Å². The van der Waals surface area contributed by atoms with Crippen LogP contribution < -0.4 is 5.32 Å². The fraction of sp³-hybridized carbons (Fsp3) is 0.733. The van der Waals surface area contributed by atoms with Crippen molar-refractivity contribution in [1.82, 2.24) is 15.4 Å². The lowest BCUT2D eigenvalue weighted by molar-refractivity contribution is 0.0890. The smallest absolute Gasteiger partial charge is 0.290 e. The molecule has 2 atom stereocenters. The molecule has 1 saturated carbocycles. The highest BCUT2D eigenvalue weighted by atomic mass is 32.2. The van der Waals surface area contributed by atoms with E-state index in [9.17, 15) is 13.2 Å². The maximum atomic E-state index is 12.3. The van der Waals surface area contributed by atoms with Gasteiger partial charge in [0.2, 0.25) is 5.76 Å². The zero-order valence-electron chi connectivity index (χ0n) is 13.5. The number of amides is 1. The van der Waals surface area contributed by atoms with Crippen LogP contribution in [0.15, 0.2) is 10.6 Å². The number of likely N-dealkylation sites (tertiary alicyclic amines) is 1. The summed E-state index contributed by atoms with van der Waals surface area (Å²) in [4.78, 5) is 14.4. The summed E-state index contributed by atoms with van der Waals surface area (Å²) in [6.45, 7) is 3.84. The molecular formula is C15H23N3O4S.